The maximum atomic E-state index is 5.30. The lowest BCUT2D eigenvalue weighted by Crippen LogP contribution is -2.45. The molecule has 0 spiro atoms. The summed E-state index contributed by atoms with van der Waals surface area (Å²) in [5, 5.41) is 7.38. The Morgan fingerprint density at radius 3 is 2.82 bits per heavy atom. The summed E-state index contributed by atoms with van der Waals surface area (Å²) in [5.74, 6) is 0.917. The van der Waals surface area contributed by atoms with Crippen LogP contribution >= 0.6 is 0 Å². The molecule has 1 heterocycles. The van der Waals surface area contributed by atoms with Crippen LogP contribution in [0.4, 0.5) is 0 Å². The molecular weight excluding hydrogens is 272 g/mol. The molecule has 0 aliphatic carbocycles. The van der Waals surface area contributed by atoms with Crippen LogP contribution in [0.2, 0.25) is 0 Å². The Balaban J connectivity index is 1.66. The molecule has 1 aliphatic rings. The van der Waals surface area contributed by atoms with Crippen LogP contribution in [0.1, 0.15) is 30.0 Å². The number of ether oxygens (including phenoxy) is 1. The fourth-order valence-corrected chi connectivity index (χ4v) is 3.15. The van der Waals surface area contributed by atoms with Crippen LogP contribution in [0, 0.1) is 0 Å². The van der Waals surface area contributed by atoms with E-state index in [1.54, 1.807) is 7.11 Å². The Kier molecular flexibility index (Phi) is 5.09. The summed E-state index contributed by atoms with van der Waals surface area (Å²) in [4.78, 5) is 0. The second kappa shape index (κ2) is 7.43. The van der Waals surface area contributed by atoms with E-state index in [1.807, 2.05) is 12.1 Å². The molecule has 3 heteroatoms. The molecule has 116 valence electrons. The average Bonchev–Trinajstić information content (AvgIpc) is 2.61. The van der Waals surface area contributed by atoms with Gasteiger partial charge in [0.2, 0.25) is 0 Å². The van der Waals surface area contributed by atoms with Crippen molar-refractivity contribution in [2.45, 2.75) is 31.5 Å². The molecule has 2 atom stereocenters. The molecular formula is C19H24N2O. The number of benzene rings is 2. The van der Waals surface area contributed by atoms with Crippen molar-refractivity contribution in [1.29, 1.82) is 0 Å². The maximum absolute atomic E-state index is 5.30. The van der Waals surface area contributed by atoms with Gasteiger partial charge in [-0.1, -0.05) is 42.5 Å². The molecule has 3 nitrogen and oxygen atoms in total. The first-order valence-electron chi connectivity index (χ1n) is 8.01. The van der Waals surface area contributed by atoms with E-state index < -0.39 is 0 Å². The molecule has 1 saturated heterocycles. The summed E-state index contributed by atoms with van der Waals surface area (Å²) >= 11 is 0. The van der Waals surface area contributed by atoms with E-state index in [0.29, 0.717) is 12.1 Å². The highest BCUT2D eigenvalue weighted by atomic mass is 16.5. The van der Waals surface area contributed by atoms with Gasteiger partial charge in [-0.2, -0.15) is 0 Å². The van der Waals surface area contributed by atoms with Crippen molar-refractivity contribution in [1.82, 2.24) is 10.6 Å². The number of hydrogen-bond acceptors (Lipinski definition) is 3. The minimum absolute atomic E-state index is 0.389. The van der Waals surface area contributed by atoms with E-state index in [1.165, 1.54) is 24.0 Å². The van der Waals surface area contributed by atoms with Crippen molar-refractivity contribution in [2.24, 2.45) is 0 Å². The first kappa shape index (κ1) is 15.1. The molecule has 0 saturated carbocycles. The third kappa shape index (κ3) is 3.67. The molecule has 1 aliphatic heterocycles. The monoisotopic (exact) mass is 296 g/mol. The van der Waals surface area contributed by atoms with Gasteiger partial charge >= 0.3 is 0 Å². The molecule has 3 rings (SSSR count). The van der Waals surface area contributed by atoms with Crippen LogP contribution in [0.3, 0.4) is 0 Å². The van der Waals surface area contributed by atoms with Gasteiger partial charge < -0.3 is 15.4 Å². The first-order valence-corrected chi connectivity index (χ1v) is 8.01. The fraction of sp³-hybridized carbons (Fsp3) is 0.368. The lowest BCUT2D eigenvalue weighted by Gasteiger charge is -2.34. The molecule has 0 bridgehead atoms. The lowest BCUT2D eigenvalue weighted by atomic mass is 9.92. The van der Waals surface area contributed by atoms with Crippen molar-refractivity contribution in [3.63, 3.8) is 0 Å². The van der Waals surface area contributed by atoms with Crippen LogP contribution in [-0.2, 0) is 6.54 Å². The minimum atomic E-state index is 0.389. The zero-order valence-corrected chi connectivity index (χ0v) is 13.1. The Bertz CT molecular complexity index is 585. The number of piperidine rings is 1. The van der Waals surface area contributed by atoms with E-state index in [-0.39, 0.29) is 0 Å². The van der Waals surface area contributed by atoms with Crippen LogP contribution in [0.5, 0.6) is 5.75 Å². The second-order valence-electron chi connectivity index (χ2n) is 5.82. The van der Waals surface area contributed by atoms with E-state index >= 15 is 0 Å². The van der Waals surface area contributed by atoms with Gasteiger partial charge in [0, 0.05) is 18.6 Å². The molecule has 2 aromatic rings. The highest BCUT2D eigenvalue weighted by molar-refractivity contribution is 5.28. The quantitative estimate of drug-likeness (QED) is 0.888. The number of methoxy groups -OCH3 is 1. The van der Waals surface area contributed by atoms with E-state index in [2.05, 4.69) is 53.1 Å². The molecule has 2 N–H and O–H groups in total. The van der Waals surface area contributed by atoms with Gasteiger partial charge in [0.15, 0.2) is 0 Å². The van der Waals surface area contributed by atoms with Crippen LogP contribution in [-0.4, -0.2) is 19.7 Å². The third-order valence-corrected chi connectivity index (χ3v) is 4.32. The summed E-state index contributed by atoms with van der Waals surface area (Å²) < 4.78 is 5.30. The van der Waals surface area contributed by atoms with Crippen LogP contribution < -0.4 is 15.4 Å². The standard InChI is InChI=1S/C19H24N2O/c1-22-17-10-5-7-15(13-17)14-21-18-11-6-12-20-19(18)16-8-3-2-4-9-16/h2-5,7-10,13,18-21H,6,11-12,14H2,1H3/t18-,19-/m1/s1. The molecule has 0 radical (unpaired) electrons. The highest BCUT2D eigenvalue weighted by Gasteiger charge is 2.25. The van der Waals surface area contributed by atoms with E-state index in [9.17, 15) is 0 Å². The molecule has 0 unspecified atom stereocenters. The normalized spacial score (nSPS) is 21.5. The van der Waals surface area contributed by atoms with Gasteiger partial charge in [-0.3, -0.25) is 0 Å². The SMILES string of the molecule is COc1cccc(CN[C@@H]2CCCN[C@@H]2c2ccccc2)c1. The summed E-state index contributed by atoms with van der Waals surface area (Å²) in [7, 11) is 1.71. The first-order chi connectivity index (χ1) is 10.9. The summed E-state index contributed by atoms with van der Waals surface area (Å²) in [5.41, 5.74) is 2.63. The van der Waals surface area contributed by atoms with Crippen molar-refractivity contribution in [3.05, 3.63) is 65.7 Å². The van der Waals surface area contributed by atoms with Crippen LogP contribution in [0.15, 0.2) is 54.6 Å². The topological polar surface area (TPSA) is 33.3 Å². The zero-order valence-electron chi connectivity index (χ0n) is 13.1. The highest BCUT2D eigenvalue weighted by Crippen LogP contribution is 2.24. The van der Waals surface area contributed by atoms with Gasteiger partial charge in [-0.25, -0.2) is 0 Å². The van der Waals surface area contributed by atoms with Gasteiger partial charge in [0.25, 0.3) is 0 Å². The van der Waals surface area contributed by atoms with Crippen molar-refractivity contribution >= 4 is 0 Å². The molecule has 22 heavy (non-hydrogen) atoms. The van der Waals surface area contributed by atoms with Gasteiger partial charge in [-0.15, -0.1) is 0 Å². The predicted octanol–water partition coefficient (Wildman–Crippen LogP) is 3.28. The van der Waals surface area contributed by atoms with E-state index in [0.717, 1.165) is 18.8 Å². The lowest BCUT2D eigenvalue weighted by molar-refractivity contribution is 0.304. The average molecular weight is 296 g/mol. The summed E-state index contributed by atoms with van der Waals surface area (Å²) in [6.07, 6.45) is 2.43. The van der Waals surface area contributed by atoms with E-state index in [4.69, 9.17) is 4.74 Å². The smallest absolute Gasteiger partial charge is 0.119 e. The number of hydrogen-bond donors (Lipinski definition) is 2. The summed E-state index contributed by atoms with van der Waals surface area (Å²) in [6.45, 7) is 1.96. The Morgan fingerprint density at radius 1 is 1.14 bits per heavy atom. The van der Waals surface area contributed by atoms with Gasteiger partial charge in [0.1, 0.15) is 5.75 Å². The minimum Gasteiger partial charge on any atom is -0.497 e. The number of nitrogens with one attached hydrogen (secondary N) is 2. The third-order valence-electron chi connectivity index (χ3n) is 4.32. The predicted molar refractivity (Wildman–Crippen MR) is 90.0 cm³/mol. The van der Waals surface area contributed by atoms with Crippen molar-refractivity contribution in [3.8, 4) is 5.75 Å². The molecule has 1 fully saturated rings. The zero-order chi connectivity index (χ0) is 15.2. The molecule has 0 amide bonds. The summed E-state index contributed by atoms with van der Waals surface area (Å²) in [6, 6.07) is 19.8. The van der Waals surface area contributed by atoms with Gasteiger partial charge in [0.05, 0.1) is 7.11 Å². The van der Waals surface area contributed by atoms with Gasteiger partial charge in [-0.05, 0) is 42.6 Å². The second-order valence-corrected chi connectivity index (χ2v) is 5.82. The fourth-order valence-electron chi connectivity index (χ4n) is 3.15. The molecule has 2 aromatic carbocycles. The number of rotatable bonds is 5. The Hall–Kier alpha value is -1.84. The van der Waals surface area contributed by atoms with Crippen LogP contribution in [0.25, 0.3) is 0 Å². The van der Waals surface area contributed by atoms with Crippen molar-refractivity contribution in [2.75, 3.05) is 13.7 Å². The Morgan fingerprint density at radius 2 is 2.00 bits per heavy atom. The maximum Gasteiger partial charge on any atom is 0.119 e. The largest absolute Gasteiger partial charge is 0.497 e. The molecule has 0 aromatic heterocycles. The van der Waals surface area contributed by atoms with Crippen molar-refractivity contribution < 1.29 is 4.74 Å². The Labute approximate surface area is 132 Å².